The first-order valence-electron chi connectivity index (χ1n) is 7.79. The molecule has 0 radical (unpaired) electrons. The van der Waals surface area contributed by atoms with E-state index in [1.54, 1.807) is 0 Å². The van der Waals surface area contributed by atoms with Crippen LogP contribution >= 0.6 is 0 Å². The highest BCUT2D eigenvalue weighted by Crippen LogP contribution is 2.22. The normalized spacial score (nSPS) is 16.2. The van der Waals surface area contributed by atoms with Crippen LogP contribution in [-0.2, 0) is 11.2 Å². The van der Waals surface area contributed by atoms with Crippen LogP contribution < -0.4 is 10.6 Å². The molecule has 0 spiro atoms. The van der Waals surface area contributed by atoms with Gasteiger partial charge in [-0.3, -0.25) is 4.79 Å². The number of carbonyl (C=O) groups is 1. The summed E-state index contributed by atoms with van der Waals surface area (Å²) in [5.74, 6) is 0.406. The minimum absolute atomic E-state index is 0.191. The summed E-state index contributed by atoms with van der Waals surface area (Å²) in [4.78, 5) is 15.4. The molecule has 1 aromatic heterocycles. The van der Waals surface area contributed by atoms with Gasteiger partial charge in [0.25, 0.3) is 0 Å². The Morgan fingerprint density at radius 1 is 1.33 bits per heavy atom. The van der Waals surface area contributed by atoms with Crippen LogP contribution in [0.4, 0.5) is 0 Å². The quantitative estimate of drug-likeness (QED) is 0.806. The van der Waals surface area contributed by atoms with Gasteiger partial charge in [0.15, 0.2) is 0 Å². The van der Waals surface area contributed by atoms with Crippen molar-refractivity contribution in [1.29, 1.82) is 0 Å². The molecule has 4 nitrogen and oxygen atoms in total. The molecule has 1 fully saturated rings. The first-order valence-corrected chi connectivity index (χ1v) is 7.79. The number of hydrogen-bond donors (Lipinski definition) is 3. The summed E-state index contributed by atoms with van der Waals surface area (Å²) in [7, 11) is 0. The van der Waals surface area contributed by atoms with Gasteiger partial charge in [-0.2, -0.15) is 0 Å². The van der Waals surface area contributed by atoms with Crippen molar-refractivity contribution in [3.8, 4) is 0 Å². The molecule has 1 aliphatic rings. The van der Waals surface area contributed by atoms with Crippen LogP contribution in [0.5, 0.6) is 0 Å². The maximum absolute atomic E-state index is 12.1. The fourth-order valence-electron chi connectivity index (χ4n) is 3.20. The van der Waals surface area contributed by atoms with Gasteiger partial charge in [-0.05, 0) is 56.5 Å². The SMILES string of the molecule is Cc1cccc2[nH]cc(CCNC(=O)C3CCNCC3)c12. The summed E-state index contributed by atoms with van der Waals surface area (Å²) in [5.41, 5.74) is 3.75. The van der Waals surface area contributed by atoms with E-state index in [9.17, 15) is 4.79 Å². The Morgan fingerprint density at radius 2 is 2.14 bits per heavy atom. The highest BCUT2D eigenvalue weighted by molar-refractivity contribution is 5.86. The average Bonchev–Trinajstić information content (AvgIpc) is 2.93. The zero-order valence-corrected chi connectivity index (χ0v) is 12.5. The molecule has 112 valence electrons. The van der Waals surface area contributed by atoms with E-state index in [1.807, 2.05) is 0 Å². The van der Waals surface area contributed by atoms with Crippen molar-refractivity contribution in [2.24, 2.45) is 5.92 Å². The third kappa shape index (κ3) is 3.10. The molecule has 0 aliphatic carbocycles. The van der Waals surface area contributed by atoms with Gasteiger partial charge in [-0.25, -0.2) is 0 Å². The highest BCUT2D eigenvalue weighted by atomic mass is 16.1. The van der Waals surface area contributed by atoms with Crippen LogP contribution in [0.3, 0.4) is 0 Å². The molecule has 3 rings (SSSR count). The van der Waals surface area contributed by atoms with E-state index < -0.39 is 0 Å². The fourth-order valence-corrected chi connectivity index (χ4v) is 3.20. The molecular weight excluding hydrogens is 262 g/mol. The van der Waals surface area contributed by atoms with Crippen LogP contribution in [0.2, 0.25) is 0 Å². The number of nitrogens with one attached hydrogen (secondary N) is 3. The van der Waals surface area contributed by atoms with Crippen molar-refractivity contribution in [1.82, 2.24) is 15.6 Å². The molecule has 0 atom stereocenters. The Morgan fingerprint density at radius 3 is 2.95 bits per heavy atom. The molecule has 2 aromatic rings. The van der Waals surface area contributed by atoms with Crippen LogP contribution in [-0.4, -0.2) is 30.5 Å². The lowest BCUT2D eigenvalue weighted by Crippen LogP contribution is -2.38. The number of rotatable bonds is 4. The lowest BCUT2D eigenvalue weighted by Gasteiger charge is -2.21. The summed E-state index contributed by atoms with van der Waals surface area (Å²) in [6.07, 6.45) is 4.85. The Labute approximate surface area is 125 Å². The summed E-state index contributed by atoms with van der Waals surface area (Å²) in [5, 5.41) is 7.68. The zero-order valence-electron chi connectivity index (χ0n) is 12.5. The summed E-state index contributed by atoms with van der Waals surface area (Å²) in [6.45, 7) is 4.76. The monoisotopic (exact) mass is 285 g/mol. The van der Waals surface area contributed by atoms with Gasteiger partial charge in [0.05, 0.1) is 0 Å². The molecular formula is C17H23N3O. The van der Waals surface area contributed by atoms with E-state index in [0.717, 1.165) is 32.4 Å². The Balaban J connectivity index is 1.58. The molecule has 3 N–H and O–H groups in total. The number of carbonyl (C=O) groups excluding carboxylic acids is 1. The van der Waals surface area contributed by atoms with Crippen molar-refractivity contribution in [2.75, 3.05) is 19.6 Å². The van der Waals surface area contributed by atoms with Gasteiger partial charge in [-0.15, -0.1) is 0 Å². The second kappa shape index (κ2) is 6.31. The maximum atomic E-state index is 12.1. The first kappa shape index (κ1) is 14.1. The van der Waals surface area contributed by atoms with Crippen LogP contribution in [0.25, 0.3) is 10.9 Å². The molecule has 1 saturated heterocycles. The largest absolute Gasteiger partial charge is 0.361 e. The van der Waals surface area contributed by atoms with Gasteiger partial charge >= 0.3 is 0 Å². The second-order valence-electron chi connectivity index (χ2n) is 5.88. The molecule has 1 amide bonds. The number of fused-ring (bicyclic) bond motifs is 1. The Hall–Kier alpha value is -1.81. The molecule has 1 aromatic carbocycles. The molecule has 0 saturated carbocycles. The van der Waals surface area contributed by atoms with Crippen molar-refractivity contribution >= 4 is 16.8 Å². The molecule has 4 heteroatoms. The lowest BCUT2D eigenvalue weighted by atomic mass is 9.97. The number of aromatic amines is 1. The second-order valence-corrected chi connectivity index (χ2v) is 5.88. The smallest absolute Gasteiger partial charge is 0.223 e. The van der Waals surface area contributed by atoms with Crippen molar-refractivity contribution < 1.29 is 4.79 Å². The molecule has 21 heavy (non-hydrogen) atoms. The third-order valence-corrected chi connectivity index (χ3v) is 4.40. The summed E-state index contributed by atoms with van der Waals surface area (Å²) < 4.78 is 0. The highest BCUT2D eigenvalue weighted by Gasteiger charge is 2.20. The van der Waals surface area contributed by atoms with E-state index in [0.29, 0.717) is 6.54 Å². The van der Waals surface area contributed by atoms with Gasteiger partial charge < -0.3 is 15.6 Å². The standard InChI is InChI=1S/C17H23N3O/c1-12-3-2-4-15-16(12)14(11-20-15)7-10-19-17(21)13-5-8-18-9-6-13/h2-4,11,13,18,20H,5-10H2,1H3,(H,19,21). The summed E-state index contributed by atoms with van der Waals surface area (Å²) >= 11 is 0. The molecule has 2 heterocycles. The van der Waals surface area contributed by atoms with E-state index in [-0.39, 0.29) is 11.8 Å². The predicted molar refractivity (Wildman–Crippen MR) is 85.3 cm³/mol. The van der Waals surface area contributed by atoms with Crippen molar-refractivity contribution in [3.05, 3.63) is 35.5 Å². The van der Waals surface area contributed by atoms with E-state index in [2.05, 4.69) is 46.9 Å². The van der Waals surface area contributed by atoms with Crippen LogP contribution in [0.15, 0.2) is 24.4 Å². The van der Waals surface area contributed by atoms with E-state index in [4.69, 9.17) is 0 Å². The first-order chi connectivity index (χ1) is 10.3. The number of aromatic nitrogens is 1. The van der Waals surface area contributed by atoms with E-state index >= 15 is 0 Å². The van der Waals surface area contributed by atoms with Crippen LogP contribution in [0, 0.1) is 12.8 Å². The van der Waals surface area contributed by atoms with Crippen molar-refractivity contribution in [3.63, 3.8) is 0 Å². The Kier molecular flexibility index (Phi) is 4.25. The summed E-state index contributed by atoms with van der Waals surface area (Å²) in [6, 6.07) is 6.30. The topological polar surface area (TPSA) is 56.9 Å². The van der Waals surface area contributed by atoms with E-state index in [1.165, 1.54) is 22.0 Å². The number of hydrogen-bond acceptors (Lipinski definition) is 2. The van der Waals surface area contributed by atoms with Crippen LogP contribution in [0.1, 0.15) is 24.0 Å². The number of piperidine rings is 1. The minimum Gasteiger partial charge on any atom is -0.361 e. The minimum atomic E-state index is 0.191. The molecule has 1 aliphatic heterocycles. The van der Waals surface area contributed by atoms with Gasteiger partial charge in [0.1, 0.15) is 0 Å². The number of H-pyrrole nitrogens is 1. The third-order valence-electron chi connectivity index (χ3n) is 4.40. The predicted octanol–water partition coefficient (Wildman–Crippen LogP) is 2.13. The number of benzene rings is 1. The fraction of sp³-hybridized carbons (Fsp3) is 0.471. The van der Waals surface area contributed by atoms with Crippen molar-refractivity contribution in [2.45, 2.75) is 26.2 Å². The van der Waals surface area contributed by atoms with Gasteiger partial charge in [0, 0.05) is 29.6 Å². The lowest BCUT2D eigenvalue weighted by molar-refractivity contribution is -0.125. The number of aryl methyl sites for hydroxylation is 1. The average molecular weight is 285 g/mol. The Bertz CT molecular complexity index is 626. The van der Waals surface area contributed by atoms with Gasteiger partial charge in [-0.1, -0.05) is 12.1 Å². The molecule has 0 unspecified atom stereocenters. The number of amides is 1. The maximum Gasteiger partial charge on any atom is 0.223 e. The zero-order chi connectivity index (χ0) is 14.7. The molecule has 0 bridgehead atoms. The van der Waals surface area contributed by atoms with Gasteiger partial charge in [0.2, 0.25) is 5.91 Å².